The highest BCUT2D eigenvalue weighted by Gasteiger charge is 2.26. The van der Waals surface area contributed by atoms with Gasteiger partial charge in [0.25, 0.3) is 0 Å². The Kier molecular flexibility index (Phi) is 5.40. The summed E-state index contributed by atoms with van der Waals surface area (Å²) in [7, 11) is 4.19. The van der Waals surface area contributed by atoms with E-state index in [1.807, 2.05) is 17.9 Å². The standard InChI is InChI=1S/C15H28N4/c1-4-16-15-7-5-6-14(15)8-9-18(2)11-13-10-17-19(3)12-13/h10,12,14-16H,4-9,11H2,1-3H3. The van der Waals surface area contributed by atoms with Crippen molar-refractivity contribution in [1.82, 2.24) is 20.0 Å². The van der Waals surface area contributed by atoms with Crippen LogP contribution in [0.15, 0.2) is 12.4 Å². The van der Waals surface area contributed by atoms with Crippen LogP contribution in [-0.4, -0.2) is 40.9 Å². The minimum absolute atomic E-state index is 0.761. The molecule has 0 radical (unpaired) electrons. The van der Waals surface area contributed by atoms with Crippen molar-refractivity contribution in [2.24, 2.45) is 13.0 Å². The van der Waals surface area contributed by atoms with E-state index in [4.69, 9.17) is 0 Å². The van der Waals surface area contributed by atoms with Crippen LogP contribution in [0, 0.1) is 5.92 Å². The maximum Gasteiger partial charge on any atom is 0.0534 e. The number of hydrogen-bond acceptors (Lipinski definition) is 3. The second-order valence-electron chi connectivity index (χ2n) is 5.90. The van der Waals surface area contributed by atoms with E-state index in [-0.39, 0.29) is 0 Å². The van der Waals surface area contributed by atoms with Crippen molar-refractivity contribution in [1.29, 1.82) is 0 Å². The number of nitrogens with one attached hydrogen (secondary N) is 1. The largest absolute Gasteiger partial charge is 0.314 e. The van der Waals surface area contributed by atoms with Crippen molar-refractivity contribution >= 4 is 0 Å². The molecule has 1 aliphatic rings. The quantitative estimate of drug-likeness (QED) is 0.818. The zero-order valence-corrected chi connectivity index (χ0v) is 12.6. The van der Waals surface area contributed by atoms with Gasteiger partial charge in [-0.15, -0.1) is 0 Å². The van der Waals surface area contributed by atoms with Crippen molar-refractivity contribution < 1.29 is 0 Å². The lowest BCUT2D eigenvalue weighted by Gasteiger charge is -2.23. The topological polar surface area (TPSA) is 33.1 Å². The second-order valence-corrected chi connectivity index (χ2v) is 5.90. The normalized spacial score (nSPS) is 23.4. The summed E-state index contributed by atoms with van der Waals surface area (Å²) in [5.41, 5.74) is 1.31. The van der Waals surface area contributed by atoms with Crippen LogP contribution in [0.3, 0.4) is 0 Å². The molecule has 1 aromatic rings. The van der Waals surface area contributed by atoms with E-state index in [0.717, 1.165) is 25.0 Å². The van der Waals surface area contributed by atoms with E-state index in [1.165, 1.54) is 37.8 Å². The molecule has 0 amide bonds. The zero-order chi connectivity index (χ0) is 13.7. The van der Waals surface area contributed by atoms with Gasteiger partial charge in [0.15, 0.2) is 0 Å². The number of rotatable bonds is 7. The molecule has 1 saturated carbocycles. The number of nitrogens with zero attached hydrogens (tertiary/aromatic N) is 3. The molecule has 1 heterocycles. The molecule has 4 nitrogen and oxygen atoms in total. The first kappa shape index (κ1) is 14.5. The molecule has 2 atom stereocenters. The van der Waals surface area contributed by atoms with Gasteiger partial charge in [0.1, 0.15) is 0 Å². The molecule has 0 bridgehead atoms. The Morgan fingerprint density at radius 3 is 3.00 bits per heavy atom. The van der Waals surface area contributed by atoms with E-state index < -0.39 is 0 Å². The van der Waals surface area contributed by atoms with Gasteiger partial charge in [0, 0.05) is 31.4 Å². The second kappa shape index (κ2) is 7.06. The van der Waals surface area contributed by atoms with Gasteiger partial charge in [0.2, 0.25) is 0 Å². The van der Waals surface area contributed by atoms with Crippen molar-refractivity contribution in [2.75, 3.05) is 20.1 Å². The smallest absolute Gasteiger partial charge is 0.0534 e. The van der Waals surface area contributed by atoms with Crippen molar-refractivity contribution in [2.45, 2.75) is 45.2 Å². The molecule has 1 N–H and O–H groups in total. The lowest BCUT2D eigenvalue weighted by Crippen LogP contribution is -2.34. The van der Waals surface area contributed by atoms with Crippen molar-refractivity contribution in [3.05, 3.63) is 18.0 Å². The highest BCUT2D eigenvalue weighted by atomic mass is 15.2. The third-order valence-corrected chi connectivity index (χ3v) is 4.22. The molecule has 1 aromatic heterocycles. The van der Waals surface area contributed by atoms with E-state index in [1.54, 1.807) is 0 Å². The minimum Gasteiger partial charge on any atom is -0.314 e. The van der Waals surface area contributed by atoms with Crippen molar-refractivity contribution in [3.8, 4) is 0 Å². The summed E-state index contributed by atoms with van der Waals surface area (Å²) in [5.74, 6) is 0.872. The molecular weight excluding hydrogens is 236 g/mol. The van der Waals surface area contributed by atoms with E-state index in [9.17, 15) is 0 Å². The molecule has 19 heavy (non-hydrogen) atoms. The Morgan fingerprint density at radius 2 is 2.32 bits per heavy atom. The maximum absolute atomic E-state index is 4.22. The van der Waals surface area contributed by atoms with Crippen LogP contribution in [0.5, 0.6) is 0 Å². The van der Waals surface area contributed by atoms with Gasteiger partial charge < -0.3 is 10.2 Å². The van der Waals surface area contributed by atoms with Crippen LogP contribution < -0.4 is 5.32 Å². The zero-order valence-electron chi connectivity index (χ0n) is 12.6. The van der Waals surface area contributed by atoms with Crippen LogP contribution >= 0.6 is 0 Å². The summed E-state index contributed by atoms with van der Waals surface area (Å²) in [6.07, 6.45) is 9.55. The molecule has 4 heteroatoms. The molecule has 0 saturated heterocycles. The average molecular weight is 264 g/mol. The van der Waals surface area contributed by atoms with Gasteiger partial charge in [0.05, 0.1) is 6.20 Å². The Labute approximate surface area is 117 Å². The molecule has 1 aliphatic carbocycles. The van der Waals surface area contributed by atoms with Gasteiger partial charge in [-0.1, -0.05) is 13.3 Å². The maximum atomic E-state index is 4.22. The molecule has 108 valence electrons. The van der Waals surface area contributed by atoms with E-state index in [0.29, 0.717) is 0 Å². The van der Waals surface area contributed by atoms with Crippen molar-refractivity contribution in [3.63, 3.8) is 0 Å². The fourth-order valence-electron chi connectivity index (χ4n) is 3.24. The summed E-state index contributed by atoms with van der Waals surface area (Å²) in [5, 5.41) is 7.86. The Bertz CT molecular complexity index is 374. The Balaban J connectivity index is 1.72. The van der Waals surface area contributed by atoms with Crippen LogP contribution in [0.25, 0.3) is 0 Å². The predicted molar refractivity (Wildman–Crippen MR) is 79.0 cm³/mol. The summed E-state index contributed by atoms with van der Waals surface area (Å²) in [6, 6.07) is 0.761. The molecule has 0 spiro atoms. The number of hydrogen-bond donors (Lipinski definition) is 1. The molecule has 1 fully saturated rings. The first-order valence-electron chi connectivity index (χ1n) is 7.58. The van der Waals surface area contributed by atoms with Crippen LogP contribution in [0.4, 0.5) is 0 Å². The fourth-order valence-corrected chi connectivity index (χ4v) is 3.24. The summed E-state index contributed by atoms with van der Waals surface area (Å²) in [6.45, 7) is 5.50. The average Bonchev–Trinajstić information content (AvgIpc) is 2.97. The molecule has 0 aliphatic heterocycles. The van der Waals surface area contributed by atoms with Gasteiger partial charge >= 0.3 is 0 Å². The summed E-state index contributed by atoms with van der Waals surface area (Å²) < 4.78 is 1.88. The monoisotopic (exact) mass is 264 g/mol. The number of aromatic nitrogens is 2. The van der Waals surface area contributed by atoms with Crippen LogP contribution in [0.2, 0.25) is 0 Å². The SMILES string of the molecule is CCNC1CCCC1CCN(C)Cc1cnn(C)c1. The number of aryl methyl sites for hydroxylation is 1. The first-order chi connectivity index (χ1) is 9.19. The summed E-state index contributed by atoms with van der Waals surface area (Å²) >= 11 is 0. The predicted octanol–water partition coefficient (Wildman–Crippen LogP) is 2.02. The Hall–Kier alpha value is -0.870. The molecule has 2 unspecified atom stereocenters. The minimum atomic E-state index is 0.761. The van der Waals surface area contributed by atoms with Gasteiger partial charge in [-0.3, -0.25) is 4.68 Å². The van der Waals surface area contributed by atoms with Gasteiger partial charge in [-0.2, -0.15) is 5.10 Å². The summed E-state index contributed by atoms with van der Waals surface area (Å²) in [4.78, 5) is 2.42. The van der Waals surface area contributed by atoms with Crippen LogP contribution in [-0.2, 0) is 13.6 Å². The third-order valence-electron chi connectivity index (χ3n) is 4.22. The lowest BCUT2D eigenvalue weighted by atomic mass is 9.99. The lowest BCUT2D eigenvalue weighted by molar-refractivity contribution is 0.276. The van der Waals surface area contributed by atoms with Gasteiger partial charge in [-0.25, -0.2) is 0 Å². The molecular formula is C15H28N4. The molecule has 0 aromatic carbocycles. The third kappa shape index (κ3) is 4.32. The molecule has 2 rings (SSSR count). The fraction of sp³-hybridized carbons (Fsp3) is 0.800. The first-order valence-corrected chi connectivity index (χ1v) is 7.58. The Morgan fingerprint density at radius 1 is 1.47 bits per heavy atom. The van der Waals surface area contributed by atoms with E-state index in [2.05, 4.69) is 35.5 Å². The van der Waals surface area contributed by atoms with Gasteiger partial charge in [-0.05, 0) is 45.3 Å². The van der Waals surface area contributed by atoms with Crippen LogP contribution in [0.1, 0.15) is 38.2 Å². The highest BCUT2D eigenvalue weighted by Crippen LogP contribution is 2.28. The highest BCUT2D eigenvalue weighted by molar-refractivity contribution is 5.02. The van der Waals surface area contributed by atoms with E-state index >= 15 is 0 Å².